The topological polar surface area (TPSA) is 73.9 Å². The number of nitrogens with one attached hydrogen (secondary N) is 2. The Morgan fingerprint density at radius 3 is 1.76 bits per heavy atom. The third-order valence-corrected chi connectivity index (χ3v) is 8.65. The van der Waals surface area contributed by atoms with Crippen LogP contribution in [0.5, 0.6) is 0 Å². The summed E-state index contributed by atoms with van der Waals surface area (Å²) in [6, 6.07) is 21.1. The molecular formula is C25H31N4O3P. The first-order valence-electron chi connectivity index (χ1n) is 11.2. The Hall–Kier alpha value is -2.89. The predicted octanol–water partition coefficient (Wildman–Crippen LogP) is 4.56. The van der Waals surface area contributed by atoms with Crippen molar-refractivity contribution < 1.29 is 4.52 Å². The normalized spacial score (nSPS) is 19.3. The number of hydrogen-bond acceptors (Lipinski definition) is 7. The number of hydrogen-bond donors (Lipinski definition) is 2. The third kappa shape index (κ3) is 4.35. The van der Waals surface area contributed by atoms with E-state index in [2.05, 4.69) is 58.1 Å². The fraction of sp³-hybridized carbons (Fsp3) is 0.360. The first-order valence-corrected chi connectivity index (χ1v) is 12.3. The van der Waals surface area contributed by atoms with E-state index >= 15 is 0 Å². The van der Waals surface area contributed by atoms with Crippen molar-refractivity contribution in [1.29, 1.82) is 0 Å². The van der Waals surface area contributed by atoms with Gasteiger partial charge in [0.25, 0.3) is 10.9 Å². The van der Waals surface area contributed by atoms with E-state index in [-0.39, 0.29) is 12.1 Å². The van der Waals surface area contributed by atoms with E-state index in [1.165, 1.54) is 0 Å². The Balaban J connectivity index is 1.63. The van der Waals surface area contributed by atoms with Crippen molar-refractivity contribution in [2.45, 2.75) is 45.4 Å². The Kier molecular flexibility index (Phi) is 6.46. The number of nitrogens with zero attached hydrogens (tertiary/aromatic N) is 2. The fourth-order valence-corrected chi connectivity index (χ4v) is 6.66. The summed E-state index contributed by atoms with van der Waals surface area (Å²) in [5.41, 5.74) is 1.32. The molecule has 3 aromatic carbocycles. The maximum Gasteiger partial charge on any atom is 0.253 e. The van der Waals surface area contributed by atoms with Crippen LogP contribution in [0.25, 0.3) is 0 Å². The van der Waals surface area contributed by atoms with Crippen molar-refractivity contribution in [2.24, 2.45) is 0 Å². The summed E-state index contributed by atoms with van der Waals surface area (Å²) >= 11 is 0. The largest absolute Gasteiger partial charge is 0.383 e. The van der Waals surface area contributed by atoms with E-state index < -0.39 is 24.9 Å². The molecule has 33 heavy (non-hydrogen) atoms. The highest BCUT2D eigenvalue weighted by atomic mass is 31.2. The minimum absolute atomic E-state index is 0.229. The molecule has 0 amide bonds. The van der Waals surface area contributed by atoms with Crippen LogP contribution in [-0.4, -0.2) is 31.3 Å². The molecule has 0 aliphatic carbocycles. The van der Waals surface area contributed by atoms with Gasteiger partial charge in [-0.15, -0.1) is 0 Å². The summed E-state index contributed by atoms with van der Waals surface area (Å²) in [4.78, 5) is 23.7. The van der Waals surface area contributed by atoms with Gasteiger partial charge >= 0.3 is 0 Å². The molecule has 7 nitrogen and oxygen atoms in total. The second-order valence-corrected chi connectivity index (χ2v) is 10.5. The number of anilines is 4. The van der Waals surface area contributed by atoms with Gasteiger partial charge in [-0.25, -0.2) is 0 Å². The summed E-state index contributed by atoms with van der Waals surface area (Å²) in [6.45, 7) is 8.86. The van der Waals surface area contributed by atoms with Crippen LogP contribution in [0, 0.1) is 0 Å². The number of rotatable bonds is 8. The molecule has 4 rings (SSSR count). The van der Waals surface area contributed by atoms with Crippen LogP contribution in [0.2, 0.25) is 0 Å². The van der Waals surface area contributed by atoms with Gasteiger partial charge in [-0.3, -0.25) is 9.59 Å². The fourth-order valence-electron chi connectivity index (χ4n) is 4.09. The van der Waals surface area contributed by atoms with Crippen LogP contribution in [0.4, 0.5) is 22.7 Å². The molecule has 174 valence electrons. The zero-order valence-electron chi connectivity index (χ0n) is 19.7. The van der Waals surface area contributed by atoms with E-state index in [0.717, 1.165) is 11.4 Å². The van der Waals surface area contributed by atoms with Crippen molar-refractivity contribution >= 4 is 31.2 Å². The van der Waals surface area contributed by atoms with E-state index in [4.69, 9.17) is 4.52 Å². The Labute approximate surface area is 196 Å². The standard InChI is InChI=1S/C25H31N4O3P/c1-17-18(2)29(20-14-10-7-11-15-20)33(28(17)19-12-8-6-9-13-19)32-25(3,4)16-27-22-21(26-5)23(30)24(22)31/h6-15,17-18,26-27H,16H2,1-5H3/t17-,18-/m1/s1. The highest BCUT2D eigenvalue weighted by Gasteiger charge is 2.47. The highest BCUT2D eigenvalue weighted by molar-refractivity contribution is 7.56. The van der Waals surface area contributed by atoms with Crippen LogP contribution >= 0.6 is 8.45 Å². The molecule has 1 aliphatic heterocycles. The molecule has 1 fully saturated rings. The molecule has 3 aromatic rings. The lowest BCUT2D eigenvalue weighted by Crippen LogP contribution is -2.41. The molecule has 0 bridgehead atoms. The summed E-state index contributed by atoms with van der Waals surface area (Å²) in [5.74, 6) is 0. The van der Waals surface area contributed by atoms with E-state index in [0.29, 0.717) is 17.9 Å². The number of benzene rings is 2. The molecule has 0 aromatic heterocycles. The van der Waals surface area contributed by atoms with Gasteiger partial charge in [0, 0.05) is 25.0 Å². The zero-order chi connectivity index (χ0) is 23.8. The molecular weight excluding hydrogens is 435 g/mol. The summed E-state index contributed by atoms with van der Waals surface area (Å²) in [6.07, 6.45) is 0. The van der Waals surface area contributed by atoms with Crippen molar-refractivity contribution in [3.8, 4) is 0 Å². The van der Waals surface area contributed by atoms with Gasteiger partial charge in [0.2, 0.25) is 8.45 Å². The molecule has 1 heterocycles. The third-order valence-electron chi connectivity index (χ3n) is 6.06. The molecule has 2 N–H and O–H groups in total. The SMILES string of the molecule is CNc1c(NCC(C)(C)OP2N(c3ccccc3)[C@H](C)[C@@H](C)N2c2ccccc2)c(=O)c1=O. The van der Waals surface area contributed by atoms with Gasteiger partial charge in [0.15, 0.2) is 0 Å². The van der Waals surface area contributed by atoms with Gasteiger partial charge < -0.3 is 24.5 Å². The van der Waals surface area contributed by atoms with Crippen LogP contribution in [0.3, 0.4) is 0 Å². The maximum atomic E-state index is 12.0. The second kappa shape index (κ2) is 9.16. The Bertz CT molecular complexity index is 1110. The van der Waals surface area contributed by atoms with Crippen molar-refractivity contribution in [2.75, 3.05) is 33.6 Å². The number of para-hydroxylation sites is 2. The lowest BCUT2D eigenvalue weighted by atomic mass is 10.1. The first-order chi connectivity index (χ1) is 15.7. The van der Waals surface area contributed by atoms with Crippen molar-refractivity contribution in [1.82, 2.24) is 0 Å². The first kappa shape index (κ1) is 23.3. The van der Waals surface area contributed by atoms with Gasteiger partial charge in [-0.2, -0.15) is 0 Å². The summed E-state index contributed by atoms with van der Waals surface area (Å²) in [5, 5.41) is 5.94. The monoisotopic (exact) mass is 466 g/mol. The molecule has 1 aliphatic rings. The lowest BCUT2D eigenvalue weighted by Gasteiger charge is -2.38. The molecule has 0 radical (unpaired) electrons. The highest BCUT2D eigenvalue weighted by Crippen LogP contribution is 2.60. The van der Waals surface area contributed by atoms with Gasteiger partial charge in [0.1, 0.15) is 11.4 Å². The molecule has 8 heteroatoms. The quantitative estimate of drug-likeness (QED) is 0.372. The summed E-state index contributed by atoms with van der Waals surface area (Å²) in [7, 11) is 0.442. The smallest absolute Gasteiger partial charge is 0.253 e. The van der Waals surface area contributed by atoms with E-state index in [9.17, 15) is 9.59 Å². The maximum absolute atomic E-state index is 12.0. The average molecular weight is 467 g/mol. The minimum atomic E-state index is -1.20. The van der Waals surface area contributed by atoms with Crippen LogP contribution < -0.4 is 30.8 Å². The van der Waals surface area contributed by atoms with E-state index in [1.54, 1.807) is 7.05 Å². The lowest BCUT2D eigenvalue weighted by molar-refractivity contribution is 0.142. The average Bonchev–Trinajstić information content (AvgIpc) is 3.05. The van der Waals surface area contributed by atoms with Crippen molar-refractivity contribution in [3.05, 3.63) is 81.1 Å². The minimum Gasteiger partial charge on any atom is -0.383 e. The van der Waals surface area contributed by atoms with E-state index in [1.807, 2.05) is 50.2 Å². The molecule has 2 atom stereocenters. The van der Waals surface area contributed by atoms with Gasteiger partial charge in [-0.1, -0.05) is 36.4 Å². The predicted molar refractivity (Wildman–Crippen MR) is 138 cm³/mol. The molecule has 0 saturated carbocycles. The molecule has 1 saturated heterocycles. The van der Waals surface area contributed by atoms with Crippen LogP contribution in [0.15, 0.2) is 70.3 Å². The summed E-state index contributed by atoms with van der Waals surface area (Å²) < 4.78 is 11.6. The molecule has 0 unspecified atom stereocenters. The van der Waals surface area contributed by atoms with Crippen LogP contribution in [0.1, 0.15) is 27.7 Å². The molecule has 0 spiro atoms. The van der Waals surface area contributed by atoms with Crippen LogP contribution in [-0.2, 0) is 4.52 Å². The van der Waals surface area contributed by atoms with Gasteiger partial charge in [0.05, 0.1) is 17.7 Å². The van der Waals surface area contributed by atoms with Crippen molar-refractivity contribution in [3.63, 3.8) is 0 Å². The zero-order valence-corrected chi connectivity index (χ0v) is 20.6. The Morgan fingerprint density at radius 2 is 1.30 bits per heavy atom. The van der Waals surface area contributed by atoms with Gasteiger partial charge in [-0.05, 0) is 52.0 Å². The Morgan fingerprint density at radius 1 is 0.848 bits per heavy atom. The second-order valence-electron chi connectivity index (χ2n) is 8.96.